The first-order chi connectivity index (χ1) is 10.7. The Hall–Kier alpha value is -1.56. The fourth-order valence-electron chi connectivity index (χ4n) is 2.59. The van der Waals surface area contributed by atoms with Gasteiger partial charge >= 0.3 is 6.09 Å². The first-order valence-corrected chi connectivity index (χ1v) is 8.26. The van der Waals surface area contributed by atoms with Gasteiger partial charge < -0.3 is 14.4 Å². The number of carbonyl (C=O) groups is 1. The maximum absolute atomic E-state index is 12.3. The monoisotopic (exact) mass is 341 g/mol. The molecule has 0 N–H and O–H groups in total. The van der Waals surface area contributed by atoms with Gasteiger partial charge in [-0.2, -0.15) is 4.98 Å². The van der Waals surface area contributed by atoms with Crippen LogP contribution in [0.25, 0.3) is 0 Å². The Morgan fingerprint density at radius 1 is 1.39 bits per heavy atom. The van der Waals surface area contributed by atoms with E-state index in [0.717, 1.165) is 12.8 Å². The molecule has 0 aliphatic carbocycles. The van der Waals surface area contributed by atoms with Gasteiger partial charge in [-0.15, -0.1) is 0 Å². The standard InChI is InChI=1S/C16H24ClN3O3/c1-11-8-12(22-14-10-18-9-13(17)19-14)6-5-7-20(11)15(21)23-16(2,3)4/h9-12H,5-8H2,1-4H3/t11-,12-/m1/s1. The third-order valence-corrected chi connectivity index (χ3v) is 3.74. The van der Waals surface area contributed by atoms with Crippen molar-refractivity contribution in [3.8, 4) is 5.88 Å². The lowest BCUT2D eigenvalue weighted by Gasteiger charge is -2.30. The number of hydrogen-bond donors (Lipinski definition) is 0. The molecule has 23 heavy (non-hydrogen) atoms. The van der Waals surface area contributed by atoms with Crippen molar-refractivity contribution in [2.45, 2.75) is 64.7 Å². The van der Waals surface area contributed by atoms with Gasteiger partial charge in [-0.25, -0.2) is 4.79 Å². The van der Waals surface area contributed by atoms with Crippen LogP contribution in [0.4, 0.5) is 4.79 Å². The second-order valence-electron chi connectivity index (χ2n) is 6.82. The molecule has 0 saturated carbocycles. The number of ether oxygens (including phenoxy) is 2. The van der Waals surface area contributed by atoms with Crippen LogP contribution in [0.3, 0.4) is 0 Å². The zero-order valence-electron chi connectivity index (χ0n) is 14.1. The minimum absolute atomic E-state index is 0.0230. The highest BCUT2D eigenvalue weighted by Gasteiger charge is 2.30. The first-order valence-electron chi connectivity index (χ1n) is 7.88. The maximum atomic E-state index is 12.3. The summed E-state index contributed by atoms with van der Waals surface area (Å²) < 4.78 is 11.4. The molecule has 0 bridgehead atoms. The van der Waals surface area contributed by atoms with Crippen LogP contribution in [0, 0.1) is 0 Å². The van der Waals surface area contributed by atoms with Crippen molar-refractivity contribution in [2.24, 2.45) is 0 Å². The highest BCUT2D eigenvalue weighted by molar-refractivity contribution is 6.29. The van der Waals surface area contributed by atoms with Crippen LogP contribution < -0.4 is 4.74 Å². The van der Waals surface area contributed by atoms with E-state index >= 15 is 0 Å². The second kappa shape index (κ2) is 7.34. The highest BCUT2D eigenvalue weighted by Crippen LogP contribution is 2.23. The number of carbonyl (C=O) groups excluding carboxylic acids is 1. The van der Waals surface area contributed by atoms with Gasteiger partial charge in [0, 0.05) is 19.0 Å². The average molecular weight is 342 g/mol. The summed E-state index contributed by atoms with van der Waals surface area (Å²) in [4.78, 5) is 22.2. The van der Waals surface area contributed by atoms with Crippen molar-refractivity contribution in [3.05, 3.63) is 17.5 Å². The molecule has 7 heteroatoms. The van der Waals surface area contributed by atoms with E-state index in [1.165, 1.54) is 6.20 Å². The Kier molecular flexibility index (Phi) is 5.68. The summed E-state index contributed by atoms with van der Waals surface area (Å²) in [5.41, 5.74) is -0.491. The van der Waals surface area contributed by atoms with Crippen molar-refractivity contribution in [3.63, 3.8) is 0 Å². The first kappa shape index (κ1) is 17.8. The molecule has 0 aromatic carbocycles. The van der Waals surface area contributed by atoms with E-state index in [9.17, 15) is 4.79 Å². The number of rotatable bonds is 2. The van der Waals surface area contributed by atoms with Gasteiger partial charge in [-0.05, 0) is 40.5 Å². The van der Waals surface area contributed by atoms with E-state index in [4.69, 9.17) is 21.1 Å². The Morgan fingerprint density at radius 2 is 2.13 bits per heavy atom. The van der Waals surface area contributed by atoms with Crippen molar-refractivity contribution < 1.29 is 14.3 Å². The van der Waals surface area contributed by atoms with Crippen molar-refractivity contribution in [2.75, 3.05) is 6.54 Å². The van der Waals surface area contributed by atoms with Gasteiger partial charge in [0.2, 0.25) is 5.88 Å². The molecule has 0 radical (unpaired) electrons. The van der Waals surface area contributed by atoms with E-state index < -0.39 is 5.60 Å². The summed E-state index contributed by atoms with van der Waals surface area (Å²) >= 11 is 5.83. The highest BCUT2D eigenvalue weighted by atomic mass is 35.5. The lowest BCUT2D eigenvalue weighted by molar-refractivity contribution is 0.0169. The zero-order chi connectivity index (χ0) is 17.0. The molecular formula is C16H24ClN3O3. The molecular weight excluding hydrogens is 318 g/mol. The summed E-state index contributed by atoms with van der Waals surface area (Å²) in [6.45, 7) is 8.29. The molecule has 1 amide bonds. The summed E-state index contributed by atoms with van der Waals surface area (Å²) in [5, 5.41) is 0.305. The molecule has 1 aromatic rings. The van der Waals surface area contributed by atoms with Crippen LogP contribution in [-0.2, 0) is 4.74 Å². The fourth-order valence-corrected chi connectivity index (χ4v) is 2.73. The van der Waals surface area contributed by atoms with Gasteiger partial charge in [-0.1, -0.05) is 11.6 Å². The van der Waals surface area contributed by atoms with Crippen molar-refractivity contribution in [1.29, 1.82) is 0 Å². The Morgan fingerprint density at radius 3 is 2.78 bits per heavy atom. The molecule has 1 aliphatic heterocycles. The zero-order valence-corrected chi connectivity index (χ0v) is 14.8. The molecule has 1 fully saturated rings. The van der Waals surface area contributed by atoms with Crippen LogP contribution in [0.5, 0.6) is 5.88 Å². The quantitative estimate of drug-likeness (QED) is 0.820. The number of nitrogens with zero attached hydrogens (tertiary/aromatic N) is 3. The molecule has 0 spiro atoms. The Balaban J connectivity index is 1.97. The predicted molar refractivity (Wildman–Crippen MR) is 87.7 cm³/mol. The van der Waals surface area contributed by atoms with E-state index in [1.54, 1.807) is 11.1 Å². The van der Waals surface area contributed by atoms with E-state index in [-0.39, 0.29) is 18.2 Å². The van der Waals surface area contributed by atoms with Gasteiger partial charge in [0.25, 0.3) is 0 Å². The minimum atomic E-state index is -0.491. The number of halogens is 1. The third kappa shape index (κ3) is 5.53. The molecule has 2 atom stereocenters. The molecule has 1 aromatic heterocycles. The molecule has 128 valence electrons. The lowest BCUT2D eigenvalue weighted by atomic mass is 10.1. The Labute approximate surface area is 142 Å². The number of hydrogen-bond acceptors (Lipinski definition) is 5. The van der Waals surface area contributed by atoms with Gasteiger partial charge in [0.1, 0.15) is 11.7 Å². The van der Waals surface area contributed by atoms with Crippen molar-refractivity contribution >= 4 is 17.7 Å². The average Bonchev–Trinajstić information content (AvgIpc) is 2.58. The molecule has 0 unspecified atom stereocenters. The van der Waals surface area contributed by atoms with Gasteiger partial charge in [-0.3, -0.25) is 4.98 Å². The summed E-state index contributed by atoms with van der Waals surface area (Å²) in [5.74, 6) is 0.417. The summed E-state index contributed by atoms with van der Waals surface area (Å²) in [6.07, 6.45) is 5.13. The van der Waals surface area contributed by atoms with E-state index in [0.29, 0.717) is 24.0 Å². The van der Waals surface area contributed by atoms with Crippen LogP contribution in [0.2, 0.25) is 5.15 Å². The molecule has 1 saturated heterocycles. The lowest BCUT2D eigenvalue weighted by Crippen LogP contribution is -2.42. The second-order valence-corrected chi connectivity index (χ2v) is 7.21. The van der Waals surface area contributed by atoms with Crippen LogP contribution in [0.1, 0.15) is 47.0 Å². The number of likely N-dealkylation sites (tertiary alicyclic amines) is 1. The van der Waals surface area contributed by atoms with Crippen molar-refractivity contribution in [1.82, 2.24) is 14.9 Å². The van der Waals surface area contributed by atoms with Crippen LogP contribution in [-0.4, -0.2) is 45.3 Å². The maximum Gasteiger partial charge on any atom is 0.410 e. The van der Waals surface area contributed by atoms with Crippen LogP contribution >= 0.6 is 11.6 Å². The molecule has 6 nitrogen and oxygen atoms in total. The summed E-state index contributed by atoms with van der Waals surface area (Å²) in [7, 11) is 0. The smallest absolute Gasteiger partial charge is 0.410 e. The SMILES string of the molecule is C[C@@H]1C[C@H](Oc2cncc(Cl)n2)CCCN1C(=O)OC(C)(C)C. The van der Waals surface area contributed by atoms with Gasteiger partial charge in [0.15, 0.2) is 5.15 Å². The minimum Gasteiger partial charge on any atom is -0.473 e. The largest absolute Gasteiger partial charge is 0.473 e. The number of amides is 1. The fraction of sp³-hybridized carbons (Fsp3) is 0.688. The van der Waals surface area contributed by atoms with E-state index in [1.807, 2.05) is 27.7 Å². The third-order valence-electron chi connectivity index (χ3n) is 3.56. The molecule has 2 heterocycles. The topological polar surface area (TPSA) is 64.6 Å². The predicted octanol–water partition coefficient (Wildman–Crippen LogP) is 3.69. The van der Waals surface area contributed by atoms with E-state index in [2.05, 4.69) is 9.97 Å². The number of aromatic nitrogens is 2. The van der Waals surface area contributed by atoms with Crippen LogP contribution in [0.15, 0.2) is 12.4 Å². The Bertz CT molecular complexity index is 548. The normalized spacial score (nSPS) is 22.4. The van der Waals surface area contributed by atoms with Gasteiger partial charge in [0.05, 0.1) is 12.4 Å². The molecule has 1 aliphatic rings. The molecule has 2 rings (SSSR count). The summed E-state index contributed by atoms with van der Waals surface area (Å²) in [6, 6.07) is 0.0319.